The molecule has 0 aliphatic carbocycles. The zero-order valence-electron chi connectivity index (χ0n) is 15.9. The summed E-state index contributed by atoms with van der Waals surface area (Å²) in [6, 6.07) is 7.00. The molecule has 0 unspecified atom stereocenters. The van der Waals surface area contributed by atoms with Crippen molar-refractivity contribution in [1.82, 2.24) is 10.1 Å². The molecule has 3 rings (SSSR count). The normalized spacial score (nSPS) is 13.9. The molecule has 1 aromatic heterocycles. The van der Waals surface area contributed by atoms with Crippen LogP contribution in [0.5, 0.6) is 5.75 Å². The third-order valence-electron chi connectivity index (χ3n) is 4.55. The van der Waals surface area contributed by atoms with Gasteiger partial charge in [0.25, 0.3) is 11.8 Å². The number of rotatable bonds is 6. The van der Waals surface area contributed by atoms with E-state index in [4.69, 9.17) is 9.26 Å². The van der Waals surface area contributed by atoms with E-state index in [0.29, 0.717) is 28.5 Å². The molecule has 2 aromatic rings. The number of hydrogen-bond acceptors (Lipinski definition) is 5. The van der Waals surface area contributed by atoms with E-state index in [2.05, 4.69) is 10.5 Å². The number of carbonyl (C=O) groups is 2. The Kier molecular flexibility index (Phi) is 5.78. The molecule has 0 bridgehead atoms. The van der Waals surface area contributed by atoms with Crippen molar-refractivity contribution in [3.63, 3.8) is 0 Å². The number of carbonyl (C=O) groups excluding carboxylic acids is 2. The maximum Gasteiger partial charge on any atom is 0.261 e. The van der Waals surface area contributed by atoms with Gasteiger partial charge < -0.3 is 19.5 Å². The molecule has 1 aliphatic rings. The van der Waals surface area contributed by atoms with Gasteiger partial charge in [-0.05, 0) is 31.9 Å². The molecule has 0 saturated carbocycles. The molecule has 27 heavy (non-hydrogen) atoms. The molecule has 7 nitrogen and oxygen atoms in total. The van der Waals surface area contributed by atoms with Crippen molar-refractivity contribution in [3.05, 3.63) is 41.3 Å². The van der Waals surface area contributed by atoms with Crippen LogP contribution in [0.3, 0.4) is 0 Å². The minimum atomic E-state index is -0.275. The van der Waals surface area contributed by atoms with Crippen LogP contribution >= 0.6 is 0 Å². The molecule has 0 radical (unpaired) electrons. The van der Waals surface area contributed by atoms with Gasteiger partial charge in [-0.15, -0.1) is 0 Å². The topological polar surface area (TPSA) is 84.7 Å². The molecule has 1 aliphatic heterocycles. The summed E-state index contributed by atoms with van der Waals surface area (Å²) >= 11 is 0. The Balaban J connectivity index is 1.64. The first kappa shape index (κ1) is 18.9. The molecule has 0 atom stereocenters. The quantitative estimate of drug-likeness (QED) is 0.842. The van der Waals surface area contributed by atoms with E-state index in [1.54, 1.807) is 31.2 Å². The van der Waals surface area contributed by atoms with Crippen molar-refractivity contribution < 1.29 is 18.8 Å². The highest BCUT2D eigenvalue weighted by molar-refractivity contribution is 6.05. The first-order valence-corrected chi connectivity index (χ1v) is 9.24. The molecule has 144 valence electrons. The number of hydrogen-bond donors (Lipinski definition) is 1. The number of aryl methyl sites for hydroxylation is 1. The summed E-state index contributed by atoms with van der Waals surface area (Å²) < 4.78 is 10.9. The fraction of sp³-hybridized carbons (Fsp3) is 0.450. The number of nitrogens with zero attached hydrogens (tertiary/aromatic N) is 2. The maximum absolute atomic E-state index is 12.7. The lowest BCUT2D eigenvalue weighted by molar-refractivity contribution is -0.132. The fourth-order valence-corrected chi connectivity index (χ4v) is 3.12. The largest absolute Gasteiger partial charge is 0.484 e. The summed E-state index contributed by atoms with van der Waals surface area (Å²) in [4.78, 5) is 26.6. The number of benzene rings is 1. The Labute approximate surface area is 158 Å². The van der Waals surface area contributed by atoms with Gasteiger partial charge in [-0.2, -0.15) is 0 Å². The zero-order valence-corrected chi connectivity index (χ0v) is 15.9. The van der Waals surface area contributed by atoms with Crippen molar-refractivity contribution >= 4 is 17.5 Å². The standard InChI is InChI=1S/C20H25N3O4/c1-13(2)19-18(14(3)22-27-19)20(25)21-15-7-6-8-16(11-15)26-12-17(24)23-9-4-5-10-23/h6-8,11,13H,4-5,9-10,12H2,1-3H3,(H,21,25). The summed E-state index contributed by atoms with van der Waals surface area (Å²) in [7, 11) is 0. The van der Waals surface area contributed by atoms with Crippen molar-refractivity contribution in [2.45, 2.75) is 39.5 Å². The Morgan fingerprint density at radius 1 is 1.30 bits per heavy atom. The van der Waals surface area contributed by atoms with Crippen molar-refractivity contribution in [3.8, 4) is 5.75 Å². The Morgan fingerprint density at radius 3 is 2.74 bits per heavy atom. The van der Waals surface area contributed by atoms with E-state index in [1.165, 1.54) is 0 Å². The molecule has 1 aromatic carbocycles. The van der Waals surface area contributed by atoms with Crippen LogP contribution < -0.4 is 10.1 Å². The molecule has 2 amide bonds. The van der Waals surface area contributed by atoms with Gasteiger partial charge in [0.2, 0.25) is 0 Å². The average molecular weight is 371 g/mol. The monoisotopic (exact) mass is 371 g/mol. The smallest absolute Gasteiger partial charge is 0.261 e. The van der Waals surface area contributed by atoms with Crippen LogP contribution in [-0.4, -0.2) is 41.6 Å². The van der Waals surface area contributed by atoms with Gasteiger partial charge in [0, 0.05) is 30.8 Å². The summed E-state index contributed by atoms with van der Waals surface area (Å²) in [6.07, 6.45) is 2.10. The first-order valence-electron chi connectivity index (χ1n) is 9.24. The second-order valence-corrected chi connectivity index (χ2v) is 7.02. The lowest BCUT2D eigenvalue weighted by Crippen LogP contribution is -2.32. The van der Waals surface area contributed by atoms with Gasteiger partial charge in [0.1, 0.15) is 11.3 Å². The van der Waals surface area contributed by atoms with Crippen molar-refractivity contribution in [1.29, 1.82) is 0 Å². The van der Waals surface area contributed by atoms with Crippen LogP contribution in [0, 0.1) is 6.92 Å². The van der Waals surface area contributed by atoms with Crippen LogP contribution in [0.2, 0.25) is 0 Å². The highest BCUT2D eigenvalue weighted by atomic mass is 16.5. The molecule has 0 spiro atoms. The molecule has 1 N–H and O–H groups in total. The zero-order chi connectivity index (χ0) is 19.4. The number of nitrogens with one attached hydrogen (secondary N) is 1. The predicted octanol–water partition coefficient (Wildman–Crippen LogP) is 3.36. The number of aromatic nitrogens is 1. The van der Waals surface area contributed by atoms with Gasteiger partial charge in [-0.3, -0.25) is 9.59 Å². The van der Waals surface area contributed by atoms with E-state index in [0.717, 1.165) is 25.9 Å². The van der Waals surface area contributed by atoms with Gasteiger partial charge >= 0.3 is 0 Å². The predicted molar refractivity (Wildman–Crippen MR) is 101 cm³/mol. The third kappa shape index (κ3) is 4.48. The molecular formula is C20H25N3O4. The average Bonchev–Trinajstić information content (AvgIpc) is 3.29. The van der Waals surface area contributed by atoms with Crippen molar-refractivity contribution in [2.24, 2.45) is 0 Å². The molecular weight excluding hydrogens is 346 g/mol. The van der Waals surface area contributed by atoms with Gasteiger partial charge in [-0.25, -0.2) is 0 Å². The van der Waals surface area contributed by atoms with E-state index in [-0.39, 0.29) is 24.3 Å². The van der Waals surface area contributed by atoms with Gasteiger partial charge in [0.05, 0.1) is 5.69 Å². The second-order valence-electron chi connectivity index (χ2n) is 7.02. The maximum atomic E-state index is 12.7. The van der Waals surface area contributed by atoms with Crippen molar-refractivity contribution in [2.75, 3.05) is 25.0 Å². The van der Waals surface area contributed by atoms with E-state index < -0.39 is 0 Å². The summed E-state index contributed by atoms with van der Waals surface area (Å²) in [5, 5.41) is 6.75. The third-order valence-corrected chi connectivity index (χ3v) is 4.55. The minimum Gasteiger partial charge on any atom is -0.484 e. The van der Waals surface area contributed by atoms with E-state index >= 15 is 0 Å². The summed E-state index contributed by atoms with van der Waals surface area (Å²) in [6.45, 7) is 7.24. The Hall–Kier alpha value is -2.83. The SMILES string of the molecule is Cc1noc(C(C)C)c1C(=O)Nc1cccc(OCC(=O)N2CCCC2)c1. The second kappa shape index (κ2) is 8.24. The lowest BCUT2D eigenvalue weighted by Gasteiger charge is -2.15. The fourth-order valence-electron chi connectivity index (χ4n) is 3.12. The minimum absolute atomic E-state index is 0.000341. The molecule has 7 heteroatoms. The number of anilines is 1. The lowest BCUT2D eigenvalue weighted by atomic mass is 10.0. The first-order chi connectivity index (χ1) is 13.0. The van der Waals surface area contributed by atoms with Crippen LogP contribution in [0.4, 0.5) is 5.69 Å². The number of amides is 2. The highest BCUT2D eigenvalue weighted by Crippen LogP contribution is 2.24. The molecule has 1 fully saturated rings. The summed E-state index contributed by atoms with van der Waals surface area (Å²) in [5.41, 5.74) is 1.60. The van der Waals surface area contributed by atoms with E-state index in [1.807, 2.05) is 18.7 Å². The molecule has 1 saturated heterocycles. The Bertz CT molecular complexity index is 822. The highest BCUT2D eigenvalue weighted by Gasteiger charge is 2.23. The van der Waals surface area contributed by atoms with Gasteiger partial charge in [0.15, 0.2) is 12.4 Å². The number of likely N-dealkylation sites (tertiary alicyclic amines) is 1. The van der Waals surface area contributed by atoms with E-state index in [9.17, 15) is 9.59 Å². The number of ether oxygens (including phenoxy) is 1. The van der Waals surface area contributed by atoms with Gasteiger partial charge in [-0.1, -0.05) is 25.1 Å². The Morgan fingerprint density at radius 2 is 2.04 bits per heavy atom. The van der Waals surface area contributed by atoms with Crippen LogP contribution in [-0.2, 0) is 4.79 Å². The van der Waals surface area contributed by atoms with Crippen LogP contribution in [0.1, 0.15) is 54.4 Å². The molecule has 2 heterocycles. The van der Waals surface area contributed by atoms with Crippen LogP contribution in [0.15, 0.2) is 28.8 Å². The summed E-state index contributed by atoms with van der Waals surface area (Å²) in [5.74, 6) is 0.865. The van der Waals surface area contributed by atoms with Crippen LogP contribution in [0.25, 0.3) is 0 Å².